The van der Waals surface area contributed by atoms with E-state index in [4.69, 9.17) is 5.11 Å². The van der Waals surface area contributed by atoms with Crippen LogP contribution in [0.25, 0.3) is 0 Å². The first-order chi connectivity index (χ1) is 9.65. The number of nitrogens with zero attached hydrogens (tertiary/aromatic N) is 1. The second-order valence-corrected chi connectivity index (χ2v) is 4.60. The van der Waals surface area contributed by atoms with E-state index in [1.807, 2.05) is 43.1 Å². The molecule has 0 aliphatic carbocycles. The van der Waals surface area contributed by atoms with E-state index in [0.717, 1.165) is 17.7 Å². The first kappa shape index (κ1) is 16.2. The maximum atomic E-state index is 11.5. The number of nitrogens with one attached hydrogen (secondary N) is 1. The predicted molar refractivity (Wildman–Crippen MR) is 80.0 cm³/mol. The Morgan fingerprint density at radius 1 is 1.35 bits per heavy atom. The lowest BCUT2D eigenvalue weighted by Crippen LogP contribution is -2.34. The monoisotopic (exact) mass is 274 g/mol. The molecule has 0 bridgehead atoms. The summed E-state index contributed by atoms with van der Waals surface area (Å²) in [6.07, 6.45) is 0.497. The summed E-state index contributed by atoms with van der Waals surface area (Å²) in [5.74, 6) is 5.92. The second-order valence-electron chi connectivity index (χ2n) is 4.60. The van der Waals surface area contributed by atoms with Gasteiger partial charge in [0, 0.05) is 25.1 Å². The molecule has 0 saturated carbocycles. The van der Waals surface area contributed by atoms with Crippen LogP contribution in [-0.4, -0.2) is 42.7 Å². The topological polar surface area (TPSA) is 52.6 Å². The molecule has 0 atom stereocenters. The molecule has 0 aromatic heterocycles. The molecule has 0 aliphatic rings. The quantitative estimate of drug-likeness (QED) is 0.761. The van der Waals surface area contributed by atoms with E-state index in [9.17, 15) is 4.79 Å². The number of benzene rings is 1. The molecule has 0 unspecified atom stereocenters. The van der Waals surface area contributed by atoms with Crippen LogP contribution in [0, 0.1) is 11.8 Å². The van der Waals surface area contributed by atoms with Crippen molar-refractivity contribution in [2.45, 2.75) is 19.9 Å². The Balaban J connectivity index is 2.49. The number of aliphatic hydroxyl groups excluding tert-OH is 1. The van der Waals surface area contributed by atoms with Crippen molar-refractivity contribution in [3.8, 4) is 11.8 Å². The van der Waals surface area contributed by atoms with Crippen LogP contribution in [0.15, 0.2) is 24.3 Å². The molecule has 0 fully saturated rings. The smallest absolute Gasteiger partial charge is 0.234 e. The molecule has 1 rings (SSSR count). The Hall–Kier alpha value is -1.83. The minimum atomic E-state index is 0.0430. The number of rotatable bonds is 6. The molecule has 0 heterocycles. The summed E-state index contributed by atoms with van der Waals surface area (Å²) >= 11 is 0. The highest BCUT2D eigenvalue weighted by molar-refractivity contribution is 5.77. The number of carbonyl (C=O) groups excluding carboxylic acids is 1. The van der Waals surface area contributed by atoms with Gasteiger partial charge < -0.3 is 10.4 Å². The average molecular weight is 274 g/mol. The van der Waals surface area contributed by atoms with Gasteiger partial charge in [0.05, 0.1) is 13.2 Å². The minimum Gasteiger partial charge on any atom is -0.395 e. The molecule has 2 N–H and O–H groups in total. The fourth-order valence-electron chi connectivity index (χ4n) is 1.78. The number of amides is 1. The third kappa shape index (κ3) is 6.37. The summed E-state index contributed by atoms with van der Waals surface area (Å²) < 4.78 is 0. The lowest BCUT2D eigenvalue weighted by Gasteiger charge is -2.16. The minimum absolute atomic E-state index is 0.0430. The zero-order valence-corrected chi connectivity index (χ0v) is 12.1. The van der Waals surface area contributed by atoms with Crippen molar-refractivity contribution in [3.05, 3.63) is 35.4 Å². The van der Waals surface area contributed by atoms with Crippen LogP contribution in [0.4, 0.5) is 0 Å². The second kappa shape index (κ2) is 9.13. The summed E-state index contributed by atoms with van der Waals surface area (Å²) in [4.78, 5) is 13.4. The van der Waals surface area contributed by atoms with Crippen molar-refractivity contribution in [1.29, 1.82) is 0 Å². The van der Waals surface area contributed by atoms with E-state index < -0.39 is 0 Å². The normalized spacial score (nSPS) is 10.0. The van der Waals surface area contributed by atoms with Crippen molar-refractivity contribution in [3.63, 3.8) is 0 Å². The molecule has 1 aromatic rings. The van der Waals surface area contributed by atoms with Crippen LogP contribution in [0.3, 0.4) is 0 Å². The molecule has 1 aromatic carbocycles. The molecule has 4 nitrogen and oxygen atoms in total. The summed E-state index contributed by atoms with van der Waals surface area (Å²) in [6, 6.07) is 7.94. The molecule has 108 valence electrons. The van der Waals surface area contributed by atoms with Gasteiger partial charge in [-0.1, -0.05) is 24.0 Å². The number of carbonyl (C=O) groups is 1. The van der Waals surface area contributed by atoms with Gasteiger partial charge >= 0.3 is 0 Å². The van der Waals surface area contributed by atoms with Gasteiger partial charge in [0.25, 0.3) is 0 Å². The Bertz CT molecular complexity index is 471. The highest BCUT2D eigenvalue weighted by Crippen LogP contribution is 2.06. The van der Waals surface area contributed by atoms with Crippen molar-refractivity contribution in [1.82, 2.24) is 10.2 Å². The van der Waals surface area contributed by atoms with E-state index in [1.54, 1.807) is 0 Å². The third-order valence-electron chi connectivity index (χ3n) is 2.66. The first-order valence-corrected chi connectivity index (χ1v) is 6.79. The molecule has 0 radical (unpaired) electrons. The van der Waals surface area contributed by atoms with E-state index in [-0.39, 0.29) is 12.5 Å². The number of aliphatic hydroxyl groups is 1. The van der Waals surface area contributed by atoms with Gasteiger partial charge in [0.1, 0.15) is 0 Å². The number of likely N-dealkylation sites (N-methyl/N-ethyl adjacent to an activating group) is 2. The van der Waals surface area contributed by atoms with Gasteiger partial charge in [-0.15, -0.1) is 0 Å². The van der Waals surface area contributed by atoms with Crippen LogP contribution < -0.4 is 5.32 Å². The number of hydrogen-bond acceptors (Lipinski definition) is 3. The zero-order valence-electron chi connectivity index (χ0n) is 12.1. The molecule has 0 spiro atoms. The van der Waals surface area contributed by atoms with Gasteiger partial charge in [0.2, 0.25) is 5.91 Å². The summed E-state index contributed by atoms with van der Waals surface area (Å²) in [6.45, 7) is 3.78. The average Bonchev–Trinajstić information content (AvgIpc) is 2.41. The molecule has 20 heavy (non-hydrogen) atoms. The zero-order chi connectivity index (χ0) is 14.8. The SMILES string of the molecule is CCNC(=O)CN(C)Cc1ccc(C#CCCO)cc1. The molecule has 0 aliphatic heterocycles. The largest absolute Gasteiger partial charge is 0.395 e. The van der Waals surface area contributed by atoms with E-state index in [1.165, 1.54) is 0 Å². The van der Waals surface area contributed by atoms with Gasteiger partial charge in [0.15, 0.2) is 0 Å². The Kier molecular flexibility index (Phi) is 7.41. The summed E-state index contributed by atoms with van der Waals surface area (Å²) in [5.41, 5.74) is 2.08. The van der Waals surface area contributed by atoms with Crippen molar-refractivity contribution >= 4 is 5.91 Å². The van der Waals surface area contributed by atoms with Crippen molar-refractivity contribution in [2.24, 2.45) is 0 Å². The van der Waals surface area contributed by atoms with Crippen molar-refractivity contribution < 1.29 is 9.90 Å². The molecular formula is C16H22N2O2. The lowest BCUT2D eigenvalue weighted by molar-refractivity contribution is -0.121. The van der Waals surface area contributed by atoms with Crippen LogP contribution in [0.5, 0.6) is 0 Å². The number of hydrogen-bond donors (Lipinski definition) is 2. The van der Waals surface area contributed by atoms with Gasteiger partial charge in [-0.2, -0.15) is 0 Å². The summed E-state index contributed by atoms with van der Waals surface area (Å²) in [5, 5.41) is 11.4. The van der Waals surface area contributed by atoms with Crippen LogP contribution in [-0.2, 0) is 11.3 Å². The maximum absolute atomic E-state index is 11.5. The predicted octanol–water partition coefficient (Wildman–Crippen LogP) is 0.988. The highest BCUT2D eigenvalue weighted by atomic mass is 16.2. The van der Waals surface area contributed by atoms with Gasteiger partial charge in [-0.3, -0.25) is 9.69 Å². The fraction of sp³-hybridized carbons (Fsp3) is 0.438. The third-order valence-corrected chi connectivity index (χ3v) is 2.66. The van der Waals surface area contributed by atoms with Crippen LogP contribution in [0.1, 0.15) is 24.5 Å². The van der Waals surface area contributed by atoms with Crippen LogP contribution in [0.2, 0.25) is 0 Å². The van der Waals surface area contributed by atoms with Gasteiger partial charge in [-0.25, -0.2) is 0 Å². The maximum Gasteiger partial charge on any atom is 0.234 e. The standard InChI is InChI=1S/C16H22N2O2/c1-3-17-16(20)13-18(2)12-15-9-7-14(8-10-15)6-4-5-11-19/h7-10,19H,3,5,11-13H2,1-2H3,(H,17,20). The molecular weight excluding hydrogens is 252 g/mol. The fourth-order valence-corrected chi connectivity index (χ4v) is 1.78. The van der Waals surface area contributed by atoms with E-state index in [2.05, 4.69) is 17.2 Å². The lowest BCUT2D eigenvalue weighted by atomic mass is 10.1. The Morgan fingerprint density at radius 3 is 2.65 bits per heavy atom. The van der Waals surface area contributed by atoms with Crippen LogP contribution >= 0.6 is 0 Å². The highest BCUT2D eigenvalue weighted by Gasteiger charge is 2.05. The molecule has 1 amide bonds. The van der Waals surface area contributed by atoms with Gasteiger partial charge in [-0.05, 0) is 31.7 Å². The first-order valence-electron chi connectivity index (χ1n) is 6.79. The van der Waals surface area contributed by atoms with Crippen molar-refractivity contribution in [2.75, 3.05) is 26.7 Å². The summed E-state index contributed by atoms with van der Waals surface area (Å²) in [7, 11) is 1.92. The molecule has 4 heteroatoms. The molecule has 0 saturated heterocycles. The Labute approximate surface area is 120 Å². The Morgan fingerprint density at radius 2 is 2.05 bits per heavy atom. The van der Waals surface area contributed by atoms with E-state index in [0.29, 0.717) is 19.5 Å². The van der Waals surface area contributed by atoms with E-state index >= 15 is 0 Å².